The molecule has 1 unspecified atom stereocenters. The summed E-state index contributed by atoms with van der Waals surface area (Å²) in [4.78, 5) is 14.1. The lowest BCUT2D eigenvalue weighted by molar-refractivity contribution is -0.126. The summed E-state index contributed by atoms with van der Waals surface area (Å²) in [5.41, 5.74) is 5.36. The van der Waals surface area contributed by atoms with E-state index in [1.54, 1.807) is 0 Å². The third-order valence-electron chi connectivity index (χ3n) is 3.00. The van der Waals surface area contributed by atoms with Gasteiger partial charge in [0.1, 0.15) is 0 Å². The van der Waals surface area contributed by atoms with Crippen LogP contribution in [0.15, 0.2) is 0 Å². The number of nitrogens with one attached hydrogen (secondary N) is 1. The Morgan fingerprint density at radius 2 is 2.25 bits per heavy atom. The van der Waals surface area contributed by atoms with Crippen molar-refractivity contribution >= 4 is 18.3 Å². The molecule has 1 amide bonds. The highest BCUT2D eigenvalue weighted by Crippen LogP contribution is 2.18. The molecule has 1 heterocycles. The summed E-state index contributed by atoms with van der Waals surface area (Å²) in [6, 6.07) is 0.537. The van der Waals surface area contributed by atoms with Crippen molar-refractivity contribution in [3.8, 4) is 0 Å². The van der Waals surface area contributed by atoms with Gasteiger partial charge in [0.15, 0.2) is 0 Å². The summed E-state index contributed by atoms with van der Waals surface area (Å²) in [7, 11) is 0. The van der Waals surface area contributed by atoms with Crippen LogP contribution in [-0.2, 0) is 4.79 Å². The fourth-order valence-corrected chi connectivity index (χ4v) is 2.03. The van der Waals surface area contributed by atoms with Crippen molar-refractivity contribution in [1.82, 2.24) is 10.2 Å². The number of nitrogens with zero attached hydrogens (tertiary/aromatic N) is 1. The molecular weight excluding hydrogens is 226 g/mol. The molecule has 0 aromatic rings. The largest absolute Gasteiger partial charge is 0.355 e. The van der Waals surface area contributed by atoms with E-state index >= 15 is 0 Å². The van der Waals surface area contributed by atoms with E-state index in [0.717, 1.165) is 25.9 Å². The molecule has 0 bridgehead atoms. The second kappa shape index (κ2) is 7.87. The van der Waals surface area contributed by atoms with Crippen LogP contribution in [0.1, 0.15) is 26.7 Å². The normalized spacial score (nSPS) is 21.6. The van der Waals surface area contributed by atoms with E-state index in [2.05, 4.69) is 24.1 Å². The first-order valence-electron chi connectivity index (χ1n) is 5.87. The third kappa shape index (κ3) is 4.68. The van der Waals surface area contributed by atoms with E-state index in [4.69, 9.17) is 5.73 Å². The van der Waals surface area contributed by atoms with Crippen LogP contribution >= 0.6 is 12.4 Å². The zero-order valence-corrected chi connectivity index (χ0v) is 11.1. The number of hydrogen-bond acceptors (Lipinski definition) is 3. The van der Waals surface area contributed by atoms with Crippen LogP contribution in [0.25, 0.3) is 0 Å². The van der Waals surface area contributed by atoms with E-state index < -0.39 is 0 Å². The standard InChI is InChI=1S/C11H23N3O.ClH/c1-9(2)14-7-3-4-10(8-14)11(15)13-6-5-12;/h9-10H,3-8,12H2,1-2H3,(H,13,15);1H. The zero-order chi connectivity index (χ0) is 11.3. The number of hydrogen-bond donors (Lipinski definition) is 2. The highest BCUT2D eigenvalue weighted by molar-refractivity contribution is 5.85. The summed E-state index contributed by atoms with van der Waals surface area (Å²) in [6.07, 6.45) is 2.14. The molecule has 0 aromatic heterocycles. The average Bonchev–Trinajstić information content (AvgIpc) is 2.26. The van der Waals surface area contributed by atoms with Gasteiger partial charge in [0, 0.05) is 25.7 Å². The number of rotatable bonds is 4. The van der Waals surface area contributed by atoms with Crippen molar-refractivity contribution in [2.75, 3.05) is 26.2 Å². The third-order valence-corrected chi connectivity index (χ3v) is 3.00. The molecule has 1 fully saturated rings. The van der Waals surface area contributed by atoms with Gasteiger partial charge in [-0.05, 0) is 33.2 Å². The van der Waals surface area contributed by atoms with Crippen LogP contribution in [0.4, 0.5) is 0 Å². The van der Waals surface area contributed by atoms with Gasteiger partial charge in [-0.1, -0.05) is 0 Å². The first kappa shape index (κ1) is 15.7. The number of halogens is 1. The molecule has 0 aromatic carbocycles. The van der Waals surface area contributed by atoms with Crippen LogP contribution in [0.5, 0.6) is 0 Å². The first-order valence-corrected chi connectivity index (χ1v) is 5.87. The Labute approximate surface area is 104 Å². The molecule has 0 radical (unpaired) electrons. The first-order chi connectivity index (χ1) is 7.15. The van der Waals surface area contributed by atoms with Gasteiger partial charge in [-0.3, -0.25) is 4.79 Å². The summed E-state index contributed by atoms with van der Waals surface area (Å²) in [5.74, 6) is 0.332. The molecule has 1 rings (SSSR count). The highest BCUT2D eigenvalue weighted by atomic mass is 35.5. The molecule has 0 aliphatic carbocycles. The van der Waals surface area contributed by atoms with Gasteiger partial charge in [-0.25, -0.2) is 0 Å². The molecule has 3 N–H and O–H groups in total. The number of nitrogens with two attached hydrogens (primary N) is 1. The Bertz CT molecular complexity index is 211. The molecule has 1 aliphatic rings. The van der Waals surface area contributed by atoms with Gasteiger partial charge in [-0.2, -0.15) is 0 Å². The second-order valence-electron chi connectivity index (χ2n) is 4.51. The topological polar surface area (TPSA) is 58.4 Å². The molecule has 0 spiro atoms. The van der Waals surface area contributed by atoms with Crippen molar-refractivity contribution < 1.29 is 4.79 Å². The number of carbonyl (C=O) groups is 1. The zero-order valence-electron chi connectivity index (χ0n) is 10.2. The van der Waals surface area contributed by atoms with E-state index in [0.29, 0.717) is 19.1 Å². The lowest BCUT2D eigenvalue weighted by atomic mass is 9.96. The van der Waals surface area contributed by atoms with E-state index in [1.807, 2.05) is 0 Å². The fourth-order valence-electron chi connectivity index (χ4n) is 2.03. The van der Waals surface area contributed by atoms with Crippen molar-refractivity contribution in [3.63, 3.8) is 0 Å². The minimum absolute atomic E-state index is 0. The SMILES string of the molecule is CC(C)N1CCCC(C(=O)NCCN)C1.Cl. The lowest BCUT2D eigenvalue weighted by Gasteiger charge is -2.34. The number of carbonyl (C=O) groups excluding carboxylic acids is 1. The maximum Gasteiger partial charge on any atom is 0.224 e. The van der Waals surface area contributed by atoms with E-state index in [1.165, 1.54) is 0 Å². The van der Waals surface area contributed by atoms with Gasteiger partial charge in [0.2, 0.25) is 5.91 Å². The minimum atomic E-state index is 0. The second-order valence-corrected chi connectivity index (χ2v) is 4.51. The van der Waals surface area contributed by atoms with Crippen LogP contribution in [0.3, 0.4) is 0 Å². The Morgan fingerprint density at radius 1 is 1.56 bits per heavy atom. The van der Waals surface area contributed by atoms with Crippen LogP contribution in [0.2, 0.25) is 0 Å². The van der Waals surface area contributed by atoms with Gasteiger partial charge in [0.05, 0.1) is 5.92 Å². The van der Waals surface area contributed by atoms with Crippen molar-refractivity contribution in [3.05, 3.63) is 0 Å². The van der Waals surface area contributed by atoms with Gasteiger partial charge in [-0.15, -0.1) is 12.4 Å². The van der Waals surface area contributed by atoms with Gasteiger partial charge in [0.25, 0.3) is 0 Å². The van der Waals surface area contributed by atoms with E-state index in [-0.39, 0.29) is 24.2 Å². The minimum Gasteiger partial charge on any atom is -0.355 e. The fraction of sp³-hybridized carbons (Fsp3) is 0.909. The van der Waals surface area contributed by atoms with Crippen molar-refractivity contribution in [2.45, 2.75) is 32.7 Å². The molecule has 5 heteroatoms. The van der Waals surface area contributed by atoms with Crippen molar-refractivity contribution in [2.24, 2.45) is 11.7 Å². The highest BCUT2D eigenvalue weighted by Gasteiger charge is 2.26. The molecular formula is C11H24ClN3O. The quantitative estimate of drug-likeness (QED) is 0.767. The lowest BCUT2D eigenvalue weighted by Crippen LogP contribution is -2.46. The number of likely N-dealkylation sites (tertiary alicyclic amines) is 1. The van der Waals surface area contributed by atoms with Crippen LogP contribution in [0, 0.1) is 5.92 Å². The Morgan fingerprint density at radius 3 is 2.81 bits per heavy atom. The summed E-state index contributed by atoms with van der Waals surface area (Å²) in [6.45, 7) is 7.50. The molecule has 1 aliphatic heterocycles. The Balaban J connectivity index is 0.00000225. The molecule has 16 heavy (non-hydrogen) atoms. The molecule has 96 valence electrons. The average molecular weight is 250 g/mol. The van der Waals surface area contributed by atoms with Gasteiger partial charge >= 0.3 is 0 Å². The molecule has 1 atom stereocenters. The molecule has 4 nitrogen and oxygen atoms in total. The maximum absolute atomic E-state index is 11.7. The Hall–Kier alpha value is -0.320. The number of piperidine rings is 1. The van der Waals surface area contributed by atoms with Crippen LogP contribution in [-0.4, -0.2) is 43.0 Å². The smallest absolute Gasteiger partial charge is 0.224 e. The molecule has 1 saturated heterocycles. The predicted octanol–water partition coefficient (Wildman–Crippen LogP) is 0.604. The summed E-state index contributed by atoms with van der Waals surface area (Å²) in [5, 5.41) is 2.87. The predicted molar refractivity (Wildman–Crippen MR) is 68.7 cm³/mol. The molecule has 0 saturated carbocycles. The number of amides is 1. The van der Waals surface area contributed by atoms with E-state index in [9.17, 15) is 4.79 Å². The summed E-state index contributed by atoms with van der Waals surface area (Å²) < 4.78 is 0. The Kier molecular flexibility index (Phi) is 7.72. The monoisotopic (exact) mass is 249 g/mol. The summed E-state index contributed by atoms with van der Waals surface area (Å²) >= 11 is 0. The maximum atomic E-state index is 11.7. The van der Waals surface area contributed by atoms with Crippen LogP contribution < -0.4 is 11.1 Å². The van der Waals surface area contributed by atoms with Crippen molar-refractivity contribution in [1.29, 1.82) is 0 Å². The van der Waals surface area contributed by atoms with Gasteiger partial charge < -0.3 is 16.0 Å².